The van der Waals surface area contributed by atoms with Crippen molar-refractivity contribution in [2.45, 2.75) is 4.90 Å². The van der Waals surface area contributed by atoms with Crippen LogP contribution in [0.1, 0.15) is 5.56 Å². The summed E-state index contributed by atoms with van der Waals surface area (Å²) in [4.78, 5) is 0.303. The molecule has 0 N–H and O–H groups in total. The largest absolute Gasteiger partial charge is 0.495 e. The second-order valence-corrected chi connectivity index (χ2v) is 5.50. The normalized spacial score (nSPS) is 16.7. The fourth-order valence-electron chi connectivity index (χ4n) is 1.40. The summed E-state index contributed by atoms with van der Waals surface area (Å²) in [6.07, 6.45) is 1.55. The van der Waals surface area contributed by atoms with Gasteiger partial charge in [-0.1, -0.05) is 0 Å². The van der Waals surface area contributed by atoms with E-state index in [9.17, 15) is 8.42 Å². The molecule has 2 rings (SSSR count). The first-order chi connectivity index (χ1) is 6.56. The fraction of sp³-hybridized carbons (Fsp3) is 0.111. The predicted octanol–water partition coefficient (Wildman–Crippen LogP) is 2.22. The molecule has 0 aromatic heterocycles. The molecule has 1 aromatic carbocycles. The van der Waals surface area contributed by atoms with Crippen LogP contribution < -0.4 is 4.74 Å². The van der Waals surface area contributed by atoms with Gasteiger partial charge in [0.2, 0.25) is 9.84 Å². The lowest BCUT2D eigenvalue weighted by Gasteiger charge is -2.07. The van der Waals surface area contributed by atoms with Crippen LogP contribution >= 0.6 is 15.9 Å². The van der Waals surface area contributed by atoms with E-state index in [-0.39, 0.29) is 0 Å². The molecule has 0 unspecified atom stereocenters. The number of ether oxygens (including phenoxy) is 1. The minimum Gasteiger partial charge on any atom is -0.495 e. The van der Waals surface area contributed by atoms with Crippen LogP contribution in [0.5, 0.6) is 5.75 Å². The van der Waals surface area contributed by atoms with Crippen molar-refractivity contribution in [1.82, 2.24) is 0 Å². The van der Waals surface area contributed by atoms with E-state index in [0.29, 0.717) is 16.2 Å². The molecular weight excluding hydrogens is 268 g/mol. The molecule has 0 saturated heterocycles. The maximum Gasteiger partial charge on any atom is 0.200 e. The van der Waals surface area contributed by atoms with Crippen molar-refractivity contribution in [3.63, 3.8) is 0 Å². The van der Waals surface area contributed by atoms with Crippen molar-refractivity contribution in [1.29, 1.82) is 0 Å². The van der Waals surface area contributed by atoms with Gasteiger partial charge in [-0.15, -0.1) is 0 Å². The van der Waals surface area contributed by atoms with Gasteiger partial charge in [0.25, 0.3) is 0 Å². The third-order valence-corrected chi connectivity index (χ3v) is 4.12. The summed E-state index contributed by atoms with van der Waals surface area (Å²) in [5.74, 6) is 0.555. The molecule has 0 amide bonds. The van der Waals surface area contributed by atoms with Gasteiger partial charge in [-0.3, -0.25) is 0 Å². The zero-order valence-corrected chi connectivity index (χ0v) is 9.72. The van der Waals surface area contributed by atoms with E-state index in [2.05, 4.69) is 15.9 Å². The summed E-state index contributed by atoms with van der Waals surface area (Å²) < 4.78 is 28.8. The lowest BCUT2D eigenvalue weighted by molar-refractivity contribution is 0.410. The van der Waals surface area contributed by atoms with Gasteiger partial charge in [-0.2, -0.15) is 0 Å². The van der Waals surface area contributed by atoms with Crippen LogP contribution in [0.3, 0.4) is 0 Å². The number of fused-ring (bicyclic) bond motifs is 1. The summed E-state index contributed by atoms with van der Waals surface area (Å²) in [5.41, 5.74) is 0.613. The third kappa shape index (κ3) is 1.27. The average Bonchev–Trinajstić information content (AvgIpc) is 2.42. The van der Waals surface area contributed by atoms with E-state index >= 15 is 0 Å². The van der Waals surface area contributed by atoms with Gasteiger partial charge in [0.1, 0.15) is 5.75 Å². The standard InChI is InChI=1S/C9H7BrO3S/c1-13-9-6-4-5-14(11,12)8(6)3-2-7(9)10/h2-5H,1H3. The zero-order chi connectivity index (χ0) is 10.3. The molecule has 1 aromatic rings. The number of rotatable bonds is 1. The Kier molecular flexibility index (Phi) is 2.16. The molecule has 5 heteroatoms. The number of hydrogen-bond donors (Lipinski definition) is 0. The highest BCUT2D eigenvalue weighted by molar-refractivity contribution is 9.10. The minimum absolute atomic E-state index is 0.303. The summed E-state index contributed by atoms with van der Waals surface area (Å²) in [7, 11) is -1.72. The average molecular weight is 275 g/mol. The molecule has 3 nitrogen and oxygen atoms in total. The van der Waals surface area contributed by atoms with Gasteiger partial charge < -0.3 is 4.74 Å². The van der Waals surface area contributed by atoms with Gasteiger partial charge >= 0.3 is 0 Å². The van der Waals surface area contributed by atoms with Gasteiger partial charge in [-0.25, -0.2) is 8.42 Å². The predicted molar refractivity (Wildman–Crippen MR) is 56.9 cm³/mol. The molecular formula is C9H7BrO3S. The fourth-order valence-corrected chi connectivity index (χ4v) is 3.09. The molecule has 1 aliphatic heterocycles. The Bertz CT molecular complexity index is 517. The van der Waals surface area contributed by atoms with Gasteiger partial charge in [0.15, 0.2) is 0 Å². The maximum absolute atomic E-state index is 11.5. The molecule has 0 atom stereocenters. The zero-order valence-electron chi connectivity index (χ0n) is 7.32. The van der Waals surface area contributed by atoms with Crippen molar-refractivity contribution in [3.05, 3.63) is 27.6 Å². The Hall–Kier alpha value is -0.810. The van der Waals surface area contributed by atoms with Crippen molar-refractivity contribution < 1.29 is 13.2 Å². The van der Waals surface area contributed by atoms with Gasteiger partial charge in [0.05, 0.1) is 16.5 Å². The van der Waals surface area contributed by atoms with E-state index in [1.54, 1.807) is 18.2 Å². The van der Waals surface area contributed by atoms with Gasteiger partial charge in [0, 0.05) is 11.0 Å². The molecule has 0 saturated carbocycles. The van der Waals surface area contributed by atoms with Crippen molar-refractivity contribution >= 4 is 31.8 Å². The second-order valence-electron chi connectivity index (χ2n) is 2.84. The number of methoxy groups -OCH3 is 1. The lowest BCUT2D eigenvalue weighted by Crippen LogP contribution is -1.95. The smallest absolute Gasteiger partial charge is 0.200 e. The Morgan fingerprint density at radius 1 is 1.36 bits per heavy atom. The molecule has 14 heavy (non-hydrogen) atoms. The maximum atomic E-state index is 11.5. The van der Waals surface area contributed by atoms with Crippen LogP contribution in [-0.4, -0.2) is 15.5 Å². The molecule has 1 heterocycles. The monoisotopic (exact) mass is 274 g/mol. The van der Waals surface area contributed by atoms with E-state index in [1.165, 1.54) is 12.5 Å². The first-order valence-electron chi connectivity index (χ1n) is 3.86. The van der Waals surface area contributed by atoms with Crippen LogP contribution in [0, 0.1) is 0 Å². The molecule has 0 spiro atoms. The van der Waals surface area contributed by atoms with Crippen molar-refractivity contribution in [3.8, 4) is 5.75 Å². The quantitative estimate of drug-likeness (QED) is 0.789. The highest BCUT2D eigenvalue weighted by atomic mass is 79.9. The van der Waals surface area contributed by atoms with Gasteiger partial charge in [-0.05, 0) is 34.1 Å². The Balaban J connectivity index is 2.80. The first kappa shape index (κ1) is 9.73. The number of halogens is 1. The molecule has 1 aliphatic rings. The SMILES string of the molecule is COc1c(Br)ccc2c1C=CS2(=O)=O. The summed E-state index contributed by atoms with van der Waals surface area (Å²) in [5, 5.41) is 1.19. The van der Waals surface area contributed by atoms with Crippen molar-refractivity contribution in [2.24, 2.45) is 0 Å². The van der Waals surface area contributed by atoms with Crippen molar-refractivity contribution in [2.75, 3.05) is 7.11 Å². The molecule has 0 radical (unpaired) electrons. The van der Waals surface area contributed by atoms with E-state index in [0.717, 1.165) is 4.47 Å². The highest BCUT2D eigenvalue weighted by Crippen LogP contribution is 2.38. The van der Waals surface area contributed by atoms with Crippen LogP contribution in [0.4, 0.5) is 0 Å². The molecule has 0 bridgehead atoms. The molecule has 74 valence electrons. The van der Waals surface area contributed by atoms with Crippen LogP contribution in [0.2, 0.25) is 0 Å². The number of hydrogen-bond acceptors (Lipinski definition) is 3. The summed E-state index contributed by atoms with van der Waals surface area (Å²) in [6, 6.07) is 3.24. The Morgan fingerprint density at radius 2 is 2.07 bits per heavy atom. The number of benzene rings is 1. The van der Waals surface area contributed by atoms with E-state index in [1.807, 2.05) is 0 Å². The van der Waals surface area contributed by atoms with Crippen LogP contribution in [0.15, 0.2) is 26.9 Å². The Labute approximate surface area is 90.4 Å². The van der Waals surface area contributed by atoms with Crippen LogP contribution in [0.25, 0.3) is 6.08 Å². The van der Waals surface area contributed by atoms with E-state index < -0.39 is 9.84 Å². The second kappa shape index (κ2) is 3.10. The van der Waals surface area contributed by atoms with Crippen LogP contribution in [-0.2, 0) is 9.84 Å². The summed E-state index contributed by atoms with van der Waals surface area (Å²) >= 11 is 3.29. The highest BCUT2D eigenvalue weighted by Gasteiger charge is 2.24. The Morgan fingerprint density at radius 3 is 2.71 bits per heavy atom. The molecule has 0 fully saturated rings. The topological polar surface area (TPSA) is 43.4 Å². The molecule has 0 aliphatic carbocycles. The summed E-state index contributed by atoms with van der Waals surface area (Å²) in [6.45, 7) is 0. The lowest BCUT2D eigenvalue weighted by atomic mass is 10.2. The number of sulfone groups is 1. The van der Waals surface area contributed by atoms with E-state index in [4.69, 9.17) is 4.74 Å². The first-order valence-corrected chi connectivity index (χ1v) is 6.20. The third-order valence-electron chi connectivity index (χ3n) is 2.03. The minimum atomic E-state index is -3.24.